The Morgan fingerprint density at radius 1 is 1.14 bits per heavy atom. The van der Waals surface area contributed by atoms with E-state index in [0.29, 0.717) is 34.2 Å². The number of quaternary nitrogens is 1. The van der Waals surface area contributed by atoms with Crippen LogP contribution in [-0.4, -0.2) is 53.5 Å². The van der Waals surface area contributed by atoms with Gasteiger partial charge in [-0.3, -0.25) is 4.98 Å². The molecule has 2 amide bonds. The second-order valence-electron chi connectivity index (χ2n) is 12.2. The van der Waals surface area contributed by atoms with Gasteiger partial charge >= 0.3 is 6.03 Å². The van der Waals surface area contributed by atoms with Crippen LogP contribution in [0.15, 0.2) is 97.7 Å². The Balaban J connectivity index is 1.44. The second kappa shape index (κ2) is 12.8. The van der Waals surface area contributed by atoms with Crippen molar-refractivity contribution in [1.29, 1.82) is 0 Å². The summed E-state index contributed by atoms with van der Waals surface area (Å²) in [6.07, 6.45) is 5.71. The third kappa shape index (κ3) is 5.79. The highest BCUT2D eigenvalue weighted by atomic mass is 19.1. The Morgan fingerprint density at radius 3 is 2.68 bits per heavy atom. The number of aromatic nitrogens is 1. The van der Waals surface area contributed by atoms with E-state index in [1.807, 2.05) is 66.7 Å². The summed E-state index contributed by atoms with van der Waals surface area (Å²) in [5, 5.41) is 17.4. The van der Waals surface area contributed by atoms with Crippen molar-refractivity contribution in [2.45, 2.75) is 37.5 Å². The zero-order valence-corrected chi connectivity index (χ0v) is 25.0. The molecule has 4 aromatic rings. The summed E-state index contributed by atoms with van der Waals surface area (Å²) in [6, 6.07) is 22.8. The predicted molar refractivity (Wildman–Crippen MR) is 169 cm³/mol. The van der Waals surface area contributed by atoms with E-state index in [4.69, 9.17) is 4.74 Å². The number of fused-ring (bicyclic) bond motifs is 4. The van der Waals surface area contributed by atoms with Gasteiger partial charge in [-0.15, -0.1) is 6.58 Å². The van der Waals surface area contributed by atoms with E-state index in [2.05, 4.69) is 28.3 Å². The van der Waals surface area contributed by atoms with E-state index in [9.17, 15) is 9.90 Å². The van der Waals surface area contributed by atoms with Crippen LogP contribution in [0.4, 0.5) is 9.18 Å². The van der Waals surface area contributed by atoms with Crippen LogP contribution >= 0.6 is 0 Å². The number of hydrogen-bond acceptors (Lipinski definition) is 4. The van der Waals surface area contributed by atoms with E-state index < -0.39 is 12.1 Å². The molecular weight excluding hydrogens is 555 g/mol. The Labute approximate surface area is 258 Å². The van der Waals surface area contributed by atoms with Crippen molar-refractivity contribution < 1.29 is 23.5 Å². The number of rotatable bonds is 10. The fourth-order valence-electron chi connectivity index (χ4n) is 7.56. The Morgan fingerprint density at radius 2 is 1.93 bits per heavy atom. The molecule has 3 N–H and O–H groups in total. The fraction of sp³-hybridized carbons (Fsp3) is 0.333. The molecule has 0 saturated carbocycles. The van der Waals surface area contributed by atoms with Crippen molar-refractivity contribution >= 4 is 16.9 Å². The van der Waals surface area contributed by atoms with E-state index >= 15 is 4.39 Å². The molecule has 3 saturated heterocycles. The summed E-state index contributed by atoms with van der Waals surface area (Å²) in [7, 11) is 1.63. The van der Waals surface area contributed by atoms with E-state index in [-0.39, 0.29) is 24.5 Å². The molecule has 4 heterocycles. The minimum atomic E-state index is -0.569. The average Bonchev–Trinajstić information content (AvgIpc) is 3.07. The van der Waals surface area contributed by atoms with Crippen LogP contribution in [0, 0.1) is 17.7 Å². The monoisotopic (exact) mass is 595 g/mol. The van der Waals surface area contributed by atoms with Crippen molar-refractivity contribution in [3.05, 3.63) is 120 Å². The van der Waals surface area contributed by atoms with Gasteiger partial charge in [-0.25, -0.2) is 9.18 Å². The molecule has 7 nitrogen and oxygen atoms in total. The van der Waals surface area contributed by atoms with Crippen LogP contribution in [0.25, 0.3) is 10.9 Å². The Bertz CT molecular complexity index is 1630. The highest BCUT2D eigenvalue weighted by Gasteiger charge is 2.54. The highest BCUT2D eigenvalue weighted by Crippen LogP contribution is 2.48. The van der Waals surface area contributed by atoms with Gasteiger partial charge in [0.1, 0.15) is 30.2 Å². The molecule has 3 aromatic carbocycles. The molecule has 0 radical (unpaired) electrons. The van der Waals surface area contributed by atoms with Crippen molar-refractivity contribution in [2.24, 2.45) is 11.8 Å². The number of methoxy groups -OCH3 is 1. The number of hydrogen-bond donors (Lipinski definition) is 3. The van der Waals surface area contributed by atoms with Gasteiger partial charge in [-0.05, 0) is 47.4 Å². The molecule has 0 aliphatic carbocycles. The maximum atomic E-state index is 15.2. The van der Waals surface area contributed by atoms with Crippen molar-refractivity contribution in [3.8, 4) is 5.75 Å². The van der Waals surface area contributed by atoms with E-state index in [0.717, 1.165) is 48.0 Å². The summed E-state index contributed by atoms with van der Waals surface area (Å²) in [6.45, 7) is 6.14. The Kier molecular flexibility index (Phi) is 8.64. The number of ether oxygens (including phenoxy) is 1. The van der Waals surface area contributed by atoms with Gasteiger partial charge in [-0.1, -0.05) is 54.6 Å². The van der Waals surface area contributed by atoms with Crippen LogP contribution in [0.5, 0.6) is 5.75 Å². The van der Waals surface area contributed by atoms with Gasteiger partial charge in [0.05, 0.1) is 38.4 Å². The molecule has 44 heavy (non-hydrogen) atoms. The molecule has 228 valence electrons. The number of carbonyl (C=O) groups excluding carboxylic acids is 1. The predicted octanol–water partition coefficient (Wildman–Crippen LogP) is 6.07. The van der Waals surface area contributed by atoms with Gasteiger partial charge in [0.25, 0.3) is 0 Å². The molecule has 3 aliphatic rings. The molecule has 2 bridgehead atoms. The molecule has 0 unspecified atom stereocenters. The number of aliphatic hydroxyl groups excluding tert-OH is 1. The number of benzene rings is 3. The van der Waals surface area contributed by atoms with Crippen molar-refractivity contribution in [3.63, 3.8) is 0 Å². The molecule has 8 heteroatoms. The lowest BCUT2D eigenvalue weighted by Crippen LogP contribution is -2.69. The van der Waals surface area contributed by atoms with Crippen LogP contribution in [0.1, 0.15) is 41.6 Å². The molecule has 3 fully saturated rings. The maximum Gasteiger partial charge on any atom is 0.316 e. The number of halogens is 1. The molecule has 7 rings (SSSR count). The summed E-state index contributed by atoms with van der Waals surface area (Å²) >= 11 is 0. The number of piperidine rings is 3. The topological polar surface area (TPSA) is 83.5 Å². The minimum absolute atomic E-state index is 0.0450. The third-order valence-electron chi connectivity index (χ3n) is 9.80. The molecule has 0 spiro atoms. The highest BCUT2D eigenvalue weighted by molar-refractivity contribution is 5.85. The van der Waals surface area contributed by atoms with Gasteiger partial charge < -0.3 is 25.0 Å². The maximum absolute atomic E-state index is 15.2. The quantitative estimate of drug-likeness (QED) is 0.154. The summed E-state index contributed by atoms with van der Waals surface area (Å²) in [5.74, 6) is 1.22. The van der Waals surface area contributed by atoms with Crippen LogP contribution in [0.3, 0.4) is 0 Å². The van der Waals surface area contributed by atoms with E-state index in [1.165, 1.54) is 6.07 Å². The lowest BCUT2D eigenvalue weighted by atomic mass is 9.70. The first kappa shape index (κ1) is 29.8. The number of pyridine rings is 1. The third-order valence-corrected chi connectivity index (χ3v) is 9.80. The fourth-order valence-corrected chi connectivity index (χ4v) is 7.56. The largest absolute Gasteiger partial charge is 0.497 e. The number of nitrogens with zero attached hydrogens (tertiary/aromatic N) is 2. The summed E-state index contributed by atoms with van der Waals surface area (Å²) in [4.78, 5) is 18.5. The number of aliphatic hydroxyl groups is 1. The first-order chi connectivity index (χ1) is 21.4. The van der Waals surface area contributed by atoms with Gasteiger partial charge in [0, 0.05) is 35.9 Å². The normalized spacial score (nSPS) is 23.9. The van der Waals surface area contributed by atoms with Crippen molar-refractivity contribution in [1.82, 2.24) is 15.6 Å². The van der Waals surface area contributed by atoms with Crippen molar-refractivity contribution in [2.75, 3.05) is 26.8 Å². The van der Waals surface area contributed by atoms with Gasteiger partial charge in [0.15, 0.2) is 0 Å². The van der Waals surface area contributed by atoms with Crippen LogP contribution in [-0.2, 0) is 6.54 Å². The lowest BCUT2D eigenvalue weighted by molar-refractivity contribution is -0.983. The minimum Gasteiger partial charge on any atom is -0.497 e. The van der Waals surface area contributed by atoms with E-state index in [1.54, 1.807) is 19.4 Å². The second-order valence-corrected chi connectivity index (χ2v) is 12.2. The zero-order chi connectivity index (χ0) is 30.7. The smallest absolute Gasteiger partial charge is 0.316 e. The SMILES string of the molecule is C=C[C@H]1C[N@+]2(Cc3ccccc3F)CC[C@H]1C[C@H]2[C@@H](NC(=O)N[C@H](CO)c1ccccc1)c1ccnc2ccc(OC)cc12. The van der Waals surface area contributed by atoms with Gasteiger partial charge in [-0.2, -0.15) is 0 Å². The van der Waals surface area contributed by atoms with Gasteiger partial charge in [0.2, 0.25) is 0 Å². The first-order valence-electron chi connectivity index (χ1n) is 15.3. The van der Waals surface area contributed by atoms with Crippen LogP contribution < -0.4 is 15.4 Å². The standard InChI is InChI=1S/C36H39FN4O3/c1-3-24-21-41(22-27-11-7-8-12-31(27)37)18-16-26(24)19-34(41)35(29-15-17-38-32-14-13-28(44-2)20-30(29)32)40-36(43)39-33(23-42)25-9-5-4-6-10-25/h3-15,17,20,24,26,33-35,42H,1,16,18-19,21-23H2,2H3,(H-,39,40,43)/p+1/t24-,26-,33+,34-,35-,41-/m0/s1. The number of amides is 2. The molecular formula is C36H40FN4O3+. The molecule has 3 aliphatic heterocycles. The average molecular weight is 596 g/mol. The zero-order valence-electron chi connectivity index (χ0n) is 25.0. The van der Waals surface area contributed by atoms with Crippen LogP contribution in [0.2, 0.25) is 0 Å². The Hall–Kier alpha value is -4.27. The molecule has 6 atom stereocenters. The summed E-state index contributed by atoms with van der Waals surface area (Å²) < 4.78 is 21.4. The number of carbonyl (C=O) groups is 1. The number of nitrogens with one attached hydrogen (secondary N) is 2. The number of urea groups is 1. The summed E-state index contributed by atoms with van der Waals surface area (Å²) in [5.41, 5.74) is 3.23. The lowest BCUT2D eigenvalue weighted by Gasteiger charge is -2.58. The molecule has 1 aromatic heterocycles. The first-order valence-corrected chi connectivity index (χ1v) is 15.3.